The van der Waals surface area contributed by atoms with E-state index >= 15 is 0 Å². The Balaban J connectivity index is 2.76. The second-order valence-electron chi connectivity index (χ2n) is 3.78. The summed E-state index contributed by atoms with van der Waals surface area (Å²) in [6, 6.07) is 7.27. The van der Waals surface area contributed by atoms with E-state index in [4.69, 9.17) is 11.6 Å². The molecule has 0 saturated heterocycles. The summed E-state index contributed by atoms with van der Waals surface area (Å²) in [6.45, 7) is 0. The van der Waals surface area contributed by atoms with Crippen LogP contribution >= 0.6 is 27.5 Å². The topological polar surface area (TPSA) is 0 Å². The van der Waals surface area contributed by atoms with Crippen molar-refractivity contribution < 1.29 is 17.6 Å². The van der Waals surface area contributed by atoms with E-state index in [0.29, 0.717) is 0 Å². The molecule has 0 saturated carbocycles. The predicted molar refractivity (Wildman–Crippen MR) is 69.5 cm³/mol. The Hall–Kier alpha value is -1.07. The van der Waals surface area contributed by atoms with Crippen LogP contribution in [0.3, 0.4) is 0 Å². The standard InChI is InChI=1S/C13H6BrClF4/c14-7-4-5-8(9(6-7)13(17,18)19)12-10(15)2-1-3-11(12)16/h1-6H. The lowest BCUT2D eigenvalue weighted by atomic mass is 9.99. The zero-order valence-corrected chi connectivity index (χ0v) is 11.6. The lowest BCUT2D eigenvalue weighted by Gasteiger charge is -2.15. The molecule has 2 rings (SSSR count). The minimum Gasteiger partial charge on any atom is -0.206 e. The summed E-state index contributed by atoms with van der Waals surface area (Å²) < 4.78 is 53.0. The van der Waals surface area contributed by atoms with Crippen molar-refractivity contribution in [2.24, 2.45) is 0 Å². The van der Waals surface area contributed by atoms with Gasteiger partial charge in [-0.15, -0.1) is 0 Å². The molecule has 2 aromatic carbocycles. The number of halogens is 6. The molecule has 100 valence electrons. The minimum atomic E-state index is -4.59. The van der Waals surface area contributed by atoms with Gasteiger partial charge < -0.3 is 0 Å². The van der Waals surface area contributed by atoms with E-state index in [1.165, 1.54) is 24.3 Å². The van der Waals surface area contributed by atoms with Gasteiger partial charge in [-0.1, -0.05) is 39.7 Å². The molecule has 0 aliphatic heterocycles. The van der Waals surface area contributed by atoms with Gasteiger partial charge >= 0.3 is 6.18 Å². The molecule has 0 aromatic heterocycles. The molecule has 0 bridgehead atoms. The van der Waals surface area contributed by atoms with Gasteiger partial charge in [-0.25, -0.2) is 4.39 Å². The van der Waals surface area contributed by atoms with Crippen LogP contribution in [0.4, 0.5) is 17.6 Å². The molecule has 0 fully saturated rings. The first-order chi connectivity index (χ1) is 8.80. The SMILES string of the molecule is Fc1cccc(Cl)c1-c1ccc(Br)cc1C(F)(F)F. The zero-order chi connectivity index (χ0) is 14.2. The summed E-state index contributed by atoms with van der Waals surface area (Å²) in [6.07, 6.45) is -4.59. The van der Waals surface area contributed by atoms with Gasteiger partial charge in [0.05, 0.1) is 10.6 Å². The molecular weight excluding hydrogens is 347 g/mol. The fourth-order valence-electron chi connectivity index (χ4n) is 1.72. The van der Waals surface area contributed by atoms with Crippen molar-refractivity contribution in [1.82, 2.24) is 0 Å². The fraction of sp³-hybridized carbons (Fsp3) is 0.0769. The number of hydrogen-bond donors (Lipinski definition) is 0. The molecule has 0 amide bonds. The molecule has 0 spiro atoms. The third-order valence-electron chi connectivity index (χ3n) is 2.52. The van der Waals surface area contributed by atoms with Crippen molar-refractivity contribution in [2.75, 3.05) is 0 Å². The van der Waals surface area contributed by atoms with Crippen molar-refractivity contribution >= 4 is 27.5 Å². The first-order valence-electron chi connectivity index (χ1n) is 5.12. The predicted octanol–water partition coefficient (Wildman–Crippen LogP) is 5.93. The van der Waals surface area contributed by atoms with E-state index in [1.54, 1.807) is 0 Å². The van der Waals surface area contributed by atoms with E-state index in [9.17, 15) is 17.6 Å². The average Bonchev–Trinajstić information content (AvgIpc) is 2.29. The summed E-state index contributed by atoms with van der Waals surface area (Å²) in [5.74, 6) is -0.791. The highest BCUT2D eigenvalue weighted by Crippen LogP contribution is 2.41. The molecule has 0 atom stereocenters. The number of alkyl halides is 3. The Morgan fingerprint density at radius 3 is 2.32 bits per heavy atom. The van der Waals surface area contributed by atoms with Crippen molar-refractivity contribution in [3.63, 3.8) is 0 Å². The van der Waals surface area contributed by atoms with E-state index in [2.05, 4.69) is 15.9 Å². The monoisotopic (exact) mass is 352 g/mol. The van der Waals surface area contributed by atoms with Crippen LogP contribution in [0.5, 0.6) is 0 Å². The molecule has 6 heteroatoms. The normalized spacial score (nSPS) is 11.7. The highest BCUT2D eigenvalue weighted by atomic mass is 79.9. The van der Waals surface area contributed by atoms with Crippen LogP contribution in [0, 0.1) is 5.82 Å². The van der Waals surface area contributed by atoms with Gasteiger partial charge in [0, 0.05) is 10.0 Å². The molecular formula is C13H6BrClF4. The van der Waals surface area contributed by atoms with Gasteiger partial charge in [-0.3, -0.25) is 0 Å². The quantitative estimate of drug-likeness (QED) is 0.558. The molecule has 0 nitrogen and oxygen atoms in total. The highest BCUT2D eigenvalue weighted by molar-refractivity contribution is 9.10. The average molecular weight is 354 g/mol. The van der Waals surface area contributed by atoms with Crippen molar-refractivity contribution in [3.05, 3.63) is 57.3 Å². The maximum Gasteiger partial charge on any atom is 0.417 e. The molecule has 0 unspecified atom stereocenters. The number of rotatable bonds is 1. The Morgan fingerprint density at radius 1 is 1.05 bits per heavy atom. The van der Waals surface area contributed by atoms with Gasteiger partial charge in [0.1, 0.15) is 5.82 Å². The Morgan fingerprint density at radius 2 is 1.74 bits per heavy atom. The van der Waals surface area contributed by atoms with E-state index < -0.39 is 17.6 Å². The first-order valence-corrected chi connectivity index (χ1v) is 6.29. The maximum absolute atomic E-state index is 13.7. The summed E-state index contributed by atoms with van der Waals surface area (Å²) in [7, 11) is 0. The second kappa shape index (κ2) is 5.13. The van der Waals surface area contributed by atoms with E-state index in [-0.39, 0.29) is 20.6 Å². The van der Waals surface area contributed by atoms with Crippen LogP contribution < -0.4 is 0 Å². The molecule has 0 aliphatic rings. The minimum absolute atomic E-state index is 0.0622. The first kappa shape index (κ1) is 14.3. The van der Waals surface area contributed by atoms with Crippen molar-refractivity contribution in [3.8, 4) is 11.1 Å². The Bertz CT molecular complexity index is 602. The highest BCUT2D eigenvalue weighted by Gasteiger charge is 2.34. The zero-order valence-electron chi connectivity index (χ0n) is 9.23. The van der Waals surface area contributed by atoms with Crippen LogP contribution in [0.1, 0.15) is 5.56 Å². The van der Waals surface area contributed by atoms with Crippen LogP contribution in [-0.4, -0.2) is 0 Å². The van der Waals surface area contributed by atoms with Crippen LogP contribution in [-0.2, 0) is 6.18 Å². The lowest BCUT2D eigenvalue weighted by molar-refractivity contribution is -0.137. The van der Waals surface area contributed by atoms with Gasteiger partial charge in [-0.05, 0) is 29.8 Å². The molecule has 19 heavy (non-hydrogen) atoms. The summed E-state index contributed by atoms with van der Waals surface area (Å²) >= 11 is 8.78. The third-order valence-corrected chi connectivity index (χ3v) is 3.33. The van der Waals surface area contributed by atoms with Crippen molar-refractivity contribution in [2.45, 2.75) is 6.18 Å². The van der Waals surface area contributed by atoms with Gasteiger partial charge in [-0.2, -0.15) is 13.2 Å². The summed E-state index contributed by atoms with van der Waals surface area (Å²) in [4.78, 5) is 0. The molecule has 2 aromatic rings. The number of benzene rings is 2. The number of hydrogen-bond acceptors (Lipinski definition) is 0. The fourth-order valence-corrected chi connectivity index (χ4v) is 2.35. The second-order valence-corrected chi connectivity index (χ2v) is 5.11. The van der Waals surface area contributed by atoms with Gasteiger partial charge in [0.15, 0.2) is 0 Å². The van der Waals surface area contributed by atoms with E-state index in [0.717, 1.165) is 12.1 Å². The molecule has 0 radical (unpaired) electrons. The van der Waals surface area contributed by atoms with Gasteiger partial charge in [0.25, 0.3) is 0 Å². The third kappa shape index (κ3) is 2.92. The largest absolute Gasteiger partial charge is 0.417 e. The molecule has 0 heterocycles. The summed E-state index contributed by atoms with van der Waals surface area (Å²) in [5, 5.41) is -0.0622. The smallest absolute Gasteiger partial charge is 0.206 e. The Kier molecular flexibility index (Phi) is 3.87. The summed E-state index contributed by atoms with van der Waals surface area (Å²) in [5.41, 5.74) is -1.46. The van der Waals surface area contributed by atoms with Crippen LogP contribution in [0.25, 0.3) is 11.1 Å². The lowest BCUT2D eigenvalue weighted by Crippen LogP contribution is -2.08. The van der Waals surface area contributed by atoms with E-state index in [1.807, 2.05) is 0 Å². The van der Waals surface area contributed by atoms with Crippen LogP contribution in [0.15, 0.2) is 40.9 Å². The van der Waals surface area contributed by atoms with Crippen LogP contribution in [0.2, 0.25) is 5.02 Å². The molecule has 0 aliphatic carbocycles. The van der Waals surface area contributed by atoms with Crippen molar-refractivity contribution in [1.29, 1.82) is 0 Å². The molecule has 0 N–H and O–H groups in total. The Labute approximate surface area is 120 Å². The maximum atomic E-state index is 13.7. The van der Waals surface area contributed by atoms with Gasteiger partial charge in [0.2, 0.25) is 0 Å².